The van der Waals surface area contributed by atoms with Gasteiger partial charge in [0.05, 0.1) is 12.0 Å². The number of carbonyl (C=O) groups excluding carboxylic acids is 1. The lowest BCUT2D eigenvalue weighted by molar-refractivity contribution is -0.132. The van der Waals surface area contributed by atoms with Crippen LogP contribution in [0.2, 0.25) is 0 Å². The van der Waals surface area contributed by atoms with Gasteiger partial charge in [0, 0.05) is 10.7 Å². The second-order valence-corrected chi connectivity index (χ2v) is 5.98. The van der Waals surface area contributed by atoms with Crippen molar-refractivity contribution >= 4 is 25.8 Å². The number of piperidine rings is 1. The molecule has 2 heterocycles. The molecule has 3 aliphatic rings. The molecule has 15 heavy (non-hydrogen) atoms. The first kappa shape index (κ1) is 10.7. The summed E-state index contributed by atoms with van der Waals surface area (Å²) < 4.78 is 23.3. The SMILES string of the molecule is O=C1C2C=CC=CC(CC2)N1S(=O)(=O)Cl. The summed E-state index contributed by atoms with van der Waals surface area (Å²) >= 11 is 0. The minimum absolute atomic E-state index is 0.361. The largest absolute Gasteiger partial charge is 0.324 e. The number of carbonyl (C=O) groups is 1. The molecule has 82 valence electrons. The van der Waals surface area contributed by atoms with Crippen molar-refractivity contribution in [1.29, 1.82) is 0 Å². The fourth-order valence-corrected chi connectivity index (χ4v) is 3.29. The Hall–Kier alpha value is -0.810. The fraction of sp³-hybridized carbons (Fsp3) is 0.444. The minimum atomic E-state index is -3.97. The predicted molar refractivity (Wildman–Crippen MR) is 56.4 cm³/mol. The van der Waals surface area contributed by atoms with E-state index in [1.54, 1.807) is 24.3 Å². The van der Waals surface area contributed by atoms with Crippen LogP contribution in [0, 0.1) is 5.92 Å². The van der Waals surface area contributed by atoms with Gasteiger partial charge in [-0.05, 0) is 12.8 Å². The van der Waals surface area contributed by atoms with Crippen LogP contribution >= 0.6 is 10.7 Å². The number of rotatable bonds is 1. The smallest absolute Gasteiger partial charge is 0.273 e. The van der Waals surface area contributed by atoms with E-state index in [9.17, 15) is 13.2 Å². The Labute approximate surface area is 92.8 Å². The first-order valence-corrected chi connectivity index (χ1v) is 6.89. The maximum atomic E-state index is 11.8. The van der Waals surface area contributed by atoms with Crippen LogP contribution in [-0.2, 0) is 14.0 Å². The lowest BCUT2D eigenvalue weighted by Crippen LogP contribution is -2.48. The van der Waals surface area contributed by atoms with Crippen LogP contribution in [0.15, 0.2) is 24.3 Å². The molecule has 1 aliphatic carbocycles. The average molecular weight is 248 g/mol. The second-order valence-electron chi connectivity index (χ2n) is 3.60. The van der Waals surface area contributed by atoms with E-state index in [0.29, 0.717) is 12.8 Å². The van der Waals surface area contributed by atoms with Crippen LogP contribution < -0.4 is 0 Å². The molecule has 4 nitrogen and oxygen atoms in total. The topological polar surface area (TPSA) is 54.5 Å². The highest BCUT2D eigenvalue weighted by molar-refractivity contribution is 8.12. The van der Waals surface area contributed by atoms with Gasteiger partial charge in [0.15, 0.2) is 0 Å². The zero-order valence-corrected chi connectivity index (χ0v) is 9.41. The van der Waals surface area contributed by atoms with Crippen molar-refractivity contribution in [3.8, 4) is 0 Å². The van der Waals surface area contributed by atoms with E-state index in [1.807, 2.05) is 0 Å². The molecule has 0 aromatic heterocycles. The zero-order chi connectivity index (χ0) is 11.1. The zero-order valence-electron chi connectivity index (χ0n) is 7.84. The van der Waals surface area contributed by atoms with E-state index in [0.717, 1.165) is 4.31 Å². The number of amides is 1. The summed E-state index contributed by atoms with van der Waals surface area (Å²) in [6, 6.07) is -0.429. The number of nitrogens with zero attached hydrogens (tertiary/aromatic N) is 1. The molecule has 0 radical (unpaired) electrons. The van der Waals surface area contributed by atoms with E-state index in [4.69, 9.17) is 10.7 Å². The van der Waals surface area contributed by atoms with Gasteiger partial charge in [0.2, 0.25) is 5.91 Å². The van der Waals surface area contributed by atoms with Gasteiger partial charge in [0.25, 0.3) is 0 Å². The number of allylic oxidation sites excluding steroid dienone is 2. The van der Waals surface area contributed by atoms with Crippen molar-refractivity contribution in [3.63, 3.8) is 0 Å². The van der Waals surface area contributed by atoms with E-state index < -0.39 is 21.2 Å². The number of hydrogen-bond donors (Lipinski definition) is 0. The van der Waals surface area contributed by atoms with E-state index in [2.05, 4.69) is 0 Å². The quantitative estimate of drug-likeness (QED) is 0.655. The molecule has 1 amide bonds. The highest BCUT2D eigenvalue weighted by Crippen LogP contribution is 2.30. The van der Waals surface area contributed by atoms with Gasteiger partial charge in [-0.2, -0.15) is 8.42 Å². The molecule has 0 saturated carbocycles. The third-order valence-electron chi connectivity index (χ3n) is 2.63. The summed E-state index contributed by atoms with van der Waals surface area (Å²) in [7, 11) is 1.27. The van der Waals surface area contributed by atoms with Crippen LogP contribution in [0.25, 0.3) is 0 Å². The molecule has 2 bridgehead atoms. The van der Waals surface area contributed by atoms with E-state index in [1.165, 1.54) is 0 Å². The summed E-state index contributed by atoms with van der Waals surface area (Å²) in [5.74, 6) is -0.790. The van der Waals surface area contributed by atoms with Gasteiger partial charge < -0.3 is 0 Å². The maximum Gasteiger partial charge on any atom is 0.324 e. The Kier molecular flexibility index (Phi) is 2.60. The van der Waals surface area contributed by atoms with Crippen molar-refractivity contribution in [2.24, 2.45) is 5.92 Å². The molecule has 1 fully saturated rings. The Morgan fingerprint density at radius 1 is 1.27 bits per heavy atom. The Bertz CT molecular complexity index is 440. The van der Waals surface area contributed by atoms with Crippen LogP contribution in [-0.4, -0.2) is 24.7 Å². The van der Waals surface area contributed by atoms with Gasteiger partial charge in [-0.15, -0.1) is 0 Å². The number of hydrogen-bond acceptors (Lipinski definition) is 3. The molecule has 0 spiro atoms. The first-order valence-electron chi connectivity index (χ1n) is 4.63. The van der Waals surface area contributed by atoms with Gasteiger partial charge in [-0.25, -0.2) is 4.31 Å². The lowest BCUT2D eigenvalue weighted by Gasteiger charge is -2.34. The van der Waals surface area contributed by atoms with Gasteiger partial charge >= 0.3 is 9.24 Å². The van der Waals surface area contributed by atoms with Crippen molar-refractivity contribution in [1.82, 2.24) is 4.31 Å². The molecule has 1 saturated heterocycles. The van der Waals surface area contributed by atoms with Gasteiger partial charge in [0.1, 0.15) is 0 Å². The molecular weight excluding hydrogens is 238 g/mol. The van der Waals surface area contributed by atoms with Crippen LogP contribution in [0.3, 0.4) is 0 Å². The molecule has 0 N–H and O–H groups in total. The standard InChI is InChI=1S/C9H10ClNO3S/c10-15(13,14)11-8-4-2-1-3-7(5-6-8)9(11)12/h1-4,7-8H,5-6H2. The molecule has 6 heteroatoms. The Morgan fingerprint density at radius 3 is 2.60 bits per heavy atom. The molecule has 0 aromatic rings. The summed E-state index contributed by atoms with van der Waals surface area (Å²) in [6.45, 7) is 0. The third kappa shape index (κ3) is 1.94. The number of halogens is 1. The molecule has 2 aliphatic heterocycles. The summed E-state index contributed by atoms with van der Waals surface area (Å²) in [5, 5.41) is 0. The Morgan fingerprint density at radius 2 is 1.93 bits per heavy atom. The van der Waals surface area contributed by atoms with Crippen molar-refractivity contribution < 1.29 is 13.2 Å². The van der Waals surface area contributed by atoms with Gasteiger partial charge in [-0.1, -0.05) is 24.3 Å². The predicted octanol–water partition coefficient (Wildman–Crippen LogP) is 1.20. The normalized spacial score (nSPS) is 30.5. The van der Waals surface area contributed by atoms with Crippen LogP contribution in [0.1, 0.15) is 12.8 Å². The third-order valence-corrected chi connectivity index (χ3v) is 4.00. The fourth-order valence-electron chi connectivity index (χ4n) is 1.93. The molecule has 0 aromatic carbocycles. The monoisotopic (exact) mass is 247 g/mol. The molecule has 3 rings (SSSR count). The molecule has 2 atom stereocenters. The van der Waals surface area contributed by atoms with E-state index >= 15 is 0 Å². The van der Waals surface area contributed by atoms with Gasteiger partial charge in [-0.3, -0.25) is 4.79 Å². The van der Waals surface area contributed by atoms with Crippen LogP contribution in [0.5, 0.6) is 0 Å². The average Bonchev–Trinajstić information content (AvgIpc) is 2.05. The molecular formula is C9H10ClNO3S. The maximum absolute atomic E-state index is 11.8. The Balaban J connectivity index is 2.46. The summed E-state index contributed by atoms with van der Waals surface area (Å²) in [5.41, 5.74) is 0. The van der Waals surface area contributed by atoms with Crippen LogP contribution in [0.4, 0.5) is 0 Å². The highest BCUT2D eigenvalue weighted by atomic mass is 35.7. The highest BCUT2D eigenvalue weighted by Gasteiger charge is 2.39. The van der Waals surface area contributed by atoms with Crippen molar-refractivity contribution in [3.05, 3.63) is 24.3 Å². The first-order chi connectivity index (χ1) is 7.00. The second kappa shape index (κ2) is 3.64. The minimum Gasteiger partial charge on any atom is -0.273 e. The van der Waals surface area contributed by atoms with Crippen molar-refractivity contribution in [2.45, 2.75) is 18.9 Å². The van der Waals surface area contributed by atoms with E-state index in [-0.39, 0.29) is 5.92 Å². The number of fused-ring (bicyclic) bond motifs is 3. The molecule has 2 unspecified atom stereocenters. The van der Waals surface area contributed by atoms with Crippen molar-refractivity contribution in [2.75, 3.05) is 0 Å². The summed E-state index contributed by atoms with van der Waals surface area (Å²) in [6.07, 6.45) is 8.22. The summed E-state index contributed by atoms with van der Waals surface area (Å²) in [4.78, 5) is 11.8. The lowest BCUT2D eigenvalue weighted by atomic mass is 9.91.